The van der Waals surface area contributed by atoms with Crippen LogP contribution in [-0.4, -0.2) is 33.9 Å². The molecule has 0 aliphatic rings. The van der Waals surface area contributed by atoms with Crippen LogP contribution in [0.15, 0.2) is 17.3 Å². The van der Waals surface area contributed by atoms with E-state index in [2.05, 4.69) is 15.6 Å². The SMILES string of the molecule is CC(=O)NCNC(=O)c1cnc(S(C)=O)c(C#N)c1. The number of pyridine rings is 1. The van der Waals surface area contributed by atoms with Crippen LogP contribution in [0.25, 0.3) is 0 Å². The number of nitriles is 1. The maximum absolute atomic E-state index is 11.7. The van der Waals surface area contributed by atoms with Crippen LogP contribution >= 0.6 is 0 Å². The lowest BCUT2D eigenvalue weighted by atomic mass is 10.2. The fourth-order valence-electron chi connectivity index (χ4n) is 1.24. The summed E-state index contributed by atoms with van der Waals surface area (Å²) >= 11 is 0. The molecule has 1 heterocycles. The molecular formula is C11H12N4O3S. The monoisotopic (exact) mass is 280 g/mol. The maximum atomic E-state index is 11.7. The van der Waals surface area contributed by atoms with Gasteiger partial charge >= 0.3 is 0 Å². The molecule has 0 bridgehead atoms. The molecule has 19 heavy (non-hydrogen) atoms. The van der Waals surface area contributed by atoms with Crippen molar-refractivity contribution in [2.45, 2.75) is 11.9 Å². The van der Waals surface area contributed by atoms with E-state index in [1.807, 2.05) is 6.07 Å². The molecule has 1 aromatic rings. The average Bonchev–Trinajstić information content (AvgIpc) is 2.37. The van der Waals surface area contributed by atoms with Crippen LogP contribution in [0.2, 0.25) is 0 Å². The second-order valence-corrected chi connectivity index (χ2v) is 4.85. The highest BCUT2D eigenvalue weighted by Crippen LogP contribution is 2.11. The lowest BCUT2D eigenvalue weighted by molar-refractivity contribution is -0.118. The van der Waals surface area contributed by atoms with E-state index in [1.54, 1.807) is 0 Å². The lowest BCUT2D eigenvalue weighted by Gasteiger charge is -2.06. The molecular weight excluding hydrogens is 268 g/mol. The van der Waals surface area contributed by atoms with E-state index in [0.717, 1.165) is 0 Å². The van der Waals surface area contributed by atoms with Crippen molar-refractivity contribution < 1.29 is 13.8 Å². The van der Waals surface area contributed by atoms with Gasteiger partial charge in [-0.05, 0) is 6.07 Å². The third-order valence-corrected chi connectivity index (χ3v) is 2.96. The molecule has 7 nitrogen and oxygen atoms in total. The van der Waals surface area contributed by atoms with Gasteiger partial charge in [0.15, 0.2) is 0 Å². The fourth-order valence-corrected chi connectivity index (χ4v) is 1.85. The van der Waals surface area contributed by atoms with Gasteiger partial charge in [-0.15, -0.1) is 0 Å². The highest BCUT2D eigenvalue weighted by atomic mass is 32.2. The summed E-state index contributed by atoms with van der Waals surface area (Å²) in [5.74, 6) is -0.751. The summed E-state index contributed by atoms with van der Waals surface area (Å²) in [6.07, 6.45) is 2.64. The standard InChI is InChI=1S/C11H12N4O3S/c1-7(16)14-6-15-10(17)9-3-8(4-12)11(13-5-9)19(2)18/h3,5H,6H2,1-2H3,(H,14,16)(H,15,17). The van der Waals surface area contributed by atoms with Crippen molar-refractivity contribution in [2.75, 3.05) is 12.9 Å². The molecule has 0 fully saturated rings. The third-order valence-electron chi connectivity index (χ3n) is 2.09. The average molecular weight is 280 g/mol. The first-order valence-corrected chi connectivity index (χ1v) is 6.77. The van der Waals surface area contributed by atoms with Crippen LogP contribution in [-0.2, 0) is 15.6 Å². The van der Waals surface area contributed by atoms with E-state index in [0.29, 0.717) is 0 Å². The summed E-state index contributed by atoms with van der Waals surface area (Å²) in [6, 6.07) is 3.15. The molecule has 8 heteroatoms. The van der Waals surface area contributed by atoms with Gasteiger partial charge in [-0.25, -0.2) is 4.98 Å². The summed E-state index contributed by atoms with van der Waals surface area (Å²) in [5.41, 5.74) is 0.254. The molecule has 0 radical (unpaired) electrons. The van der Waals surface area contributed by atoms with Crippen LogP contribution in [0, 0.1) is 11.3 Å². The summed E-state index contributed by atoms with van der Waals surface area (Å²) < 4.78 is 11.3. The Bertz CT molecular complexity index is 580. The maximum Gasteiger partial charge on any atom is 0.254 e. The highest BCUT2D eigenvalue weighted by Gasteiger charge is 2.12. The van der Waals surface area contributed by atoms with E-state index < -0.39 is 16.7 Å². The second kappa shape index (κ2) is 6.61. The molecule has 0 saturated heterocycles. The van der Waals surface area contributed by atoms with E-state index in [-0.39, 0.29) is 28.7 Å². The van der Waals surface area contributed by atoms with E-state index in [1.165, 1.54) is 25.4 Å². The van der Waals surface area contributed by atoms with Crippen LogP contribution in [0.4, 0.5) is 0 Å². The Balaban J connectivity index is 2.85. The Morgan fingerprint density at radius 2 is 2.16 bits per heavy atom. The molecule has 1 rings (SSSR count). The molecule has 0 aliphatic heterocycles. The molecule has 1 atom stereocenters. The predicted molar refractivity (Wildman–Crippen MR) is 67.4 cm³/mol. The van der Waals surface area contributed by atoms with E-state index >= 15 is 0 Å². The molecule has 100 valence electrons. The van der Waals surface area contributed by atoms with Gasteiger partial charge in [-0.2, -0.15) is 5.26 Å². The van der Waals surface area contributed by atoms with Gasteiger partial charge in [-0.3, -0.25) is 13.8 Å². The Morgan fingerprint density at radius 1 is 1.47 bits per heavy atom. The highest BCUT2D eigenvalue weighted by molar-refractivity contribution is 7.84. The second-order valence-electron chi connectivity index (χ2n) is 3.56. The minimum absolute atomic E-state index is 0.0164. The number of nitrogens with one attached hydrogen (secondary N) is 2. The first-order chi connectivity index (χ1) is 8.95. The van der Waals surface area contributed by atoms with Crippen molar-refractivity contribution in [2.24, 2.45) is 0 Å². The molecule has 0 spiro atoms. The Hall–Kier alpha value is -2.27. The van der Waals surface area contributed by atoms with Gasteiger partial charge in [0.2, 0.25) is 5.91 Å². The van der Waals surface area contributed by atoms with Crippen molar-refractivity contribution >= 4 is 22.6 Å². The quantitative estimate of drug-likeness (QED) is 0.723. The fraction of sp³-hybridized carbons (Fsp3) is 0.273. The zero-order chi connectivity index (χ0) is 14.4. The predicted octanol–water partition coefficient (Wildman–Crippen LogP) is -0.486. The smallest absolute Gasteiger partial charge is 0.254 e. The number of carbonyl (C=O) groups is 2. The summed E-state index contributed by atoms with van der Waals surface area (Å²) in [4.78, 5) is 26.2. The Kier molecular flexibility index (Phi) is 5.14. The Morgan fingerprint density at radius 3 is 2.68 bits per heavy atom. The van der Waals surface area contributed by atoms with E-state index in [9.17, 15) is 13.8 Å². The van der Waals surface area contributed by atoms with Gasteiger partial charge in [0.25, 0.3) is 5.91 Å². The number of nitrogens with zero attached hydrogens (tertiary/aromatic N) is 2. The van der Waals surface area contributed by atoms with Crippen molar-refractivity contribution in [1.29, 1.82) is 5.26 Å². The van der Waals surface area contributed by atoms with Crippen LogP contribution in [0.1, 0.15) is 22.8 Å². The summed E-state index contributed by atoms with van der Waals surface area (Å²) in [5, 5.41) is 13.9. The van der Waals surface area contributed by atoms with Gasteiger partial charge in [-0.1, -0.05) is 0 Å². The summed E-state index contributed by atoms with van der Waals surface area (Å²) in [7, 11) is -1.40. The van der Waals surface area contributed by atoms with Gasteiger partial charge in [0.05, 0.1) is 28.6 Å². The first-order valence-electron chi connectivity index (χ1n) is 5.22. The van der Waals surface area contributed by atoms with Crippen molar-refractivity contribution in [3.63, 3.8) is 0 Å². The third kappa shape index (κ3) is 4.15. The largest absolute Gasteiger partial charge is 0.339 e. The molecule has 2 amide bonds. The van der Waals surface area contributed by atoms with Crippen molar-refractivity contribution in [1.82, 2.24) is 15.6 Å². The molecule has 0 aliphatic carbocycles. The summed E-state index contributed by atoms with van der Waals surface area (Å²) in [6.45, 7) is 1.31. The zero-order valence-corrected chi connectivity index (χ0v) is 11.2. The van der Waals surface area contributed by atoms with Gasteiger partial charge in [0, 0.05) is 19.4 Å². The van der Waals surface area contributed by atoms with Crippen LogP contribution in [0.3, 0.4) is 0 Å². The minimum Gasteiger partial charge on any atom is -0.339 e. The number of hydrogen-bond donors (Lipinski definition) is 2. The number of amides is 2. The van der Waals surface area contributed by atoms with Crippen LogP contribution < -0.4 is 10.6 Å². The van der Waals surface area contributed by atoms with E-state index in [4.69, 9.17) is 5.26 Å². The van der Waals surface area contributed by atoms with Crippen LogP contribution in [0.5, 0.6) is 0 Å². The first kappa shape index (κ1) is 14.8. The lowest BCUT2D eigenvalue weighted by Crippen LogP contribution is -2.36. The molecule has 2 N–H and O–H groups in total. The number of hydrogen-bond acceptors (Lipinski definition) is 5. The number of carbonyl (C=O) groups excluding carboxylic acids is 2. The zero-order valence-electron chi connectivity index (χ0n) is 10.4. The molecule has 0 saturated carbocycles. The van der Waals surface area contributed by atoms with Gasteiger partial charge in [0.1, 0.15) is 11.1 Å². The number of rotatable bonds is 4. The normalized spacial score (nSPS) is 11.2. The minimum atomic E-state index is -1.40. The molecule has 0 aromatic carbocycles. The topological polar surface area (TPSA) is 112 Å². The van der Waals surface area contributed by atoms with Crippen molar-refractivity contribution in [3.8, 4) is 6.07 Å². The Labute approximate surface area is 112 Å². The molecule has 1 unspecified atom stereocenters. The van der Waals surface area contributed by atoms with Gasteiger partial charge < -0.3 is 10.6 Å². The van der Waals surface area contributed by atoms with Crippen molar-refractivity contribution in [3.05, 3.63) is 23.4 Å². The molecule has 1 aromatic heterocycles. The number of aromatic nitrogens is 1.